The maximum absolute atomic E-state index is 11.2. The minimum Gasteiger partial charge on any atom is -0.768 e. The molecule has 0 aliphatic heterocycles. The molecule has 23 heavy (non-hydrogen) atoms. The predicted octanol–water partition coefficient (Wildman–Crippen LogP) is 2.70. The lowest BCUT2D eigenvalue weighted by atomic mass is 10.1. The Balaban J connectivity index is 2.15. The molecule has 3 aromatic rings. The van der Waals surface area contributed by atoms with Gasteiger partial charge in [-0.2, -0.15) is 0 Å². The number of nitrogen functional groups attached to an aromatic ring is 1. The topological polar surface area (TPSA) is 105 Å². The fourth-order valence-electron chi connectivity index (χ4n) is 2.16. The molecule has 0 saturated carbocycles. The van der Waals surface area contributed by atoms with Crippen molar-refractivity contribution in [1.82, 2.24) is 15.0 Å². The Hall–Kier alpha value is -2.16. The third-order valence-corrected chi connectivity index (χ3v) is 4.89. The van der Waals surface area contributed by atoms with Gasteiger partial charge in [-0.05, 0) is 42.6 Å². The molecule has 0 amide bonds. The van der Waals surface area contributed by atoms with Crippen molar-refractivity contribution in [2.24, 2.45) is 0 Å². The number of thiazole rings is 1. The van der Waals surface area contributed by atoms with E-state index >= 15 is 0 Å². The first-order chi connectivity index (χ1) is 11.0. The molecule has 3 rings (SSSR count). The van der Waals surface area contributed by atoms with E-state index in [0.29, 0.717) is 22.8 Å². The Morgan fingerprint density at radius 1 is 1.22 bits per heavy atom. The van der Waals surface area contributed by atoms with Gasteiger partial charge in [0.2, 0.25) is 0 Å². The summed E-state index contributed by atoms with van der Waals surface area (Å²) in [6, 6.07) is 4.88. The number of anilines is 1. The van der Waals surface area contributed by atoms with Gasteiger partial charge >= 0.3 is 0 Å². The Labute approximate surface area is 139 Å². The first-order valence-electron chi connectivity index (χ1n) is 6.71. The van der Waals surface area contributed by atoms with E-state index in [-0.39, 0.29) is 4.90 Å². The first kappa shape index (κ1) is 15.7. The van der Waals surface area contributed by atoms with Crippen LogP contribution in [0.25, 0.3) is 21.8 Å². The van der Waals surface area contributed by atoms with Crippen LogP contribution < -0.4 is 5.73 Å². The number of hydrogen-bond donors (Lipinski definition) is 1. The summed E-state index contributed by atoms with van der Waals surface area (Å²) in [7, 11) is 0. The first-order valence-corrected chi connectivity index (χ1v) is 8.60. The van der Waals surface area contributed by atoms with Crippen LogP contribution in [0.4, 0.5) is 5.82 Å². The van der Waals surface area contributed by atoms with Gasteiger partial charge in [0.05, 0.1) is 21.8 Å². The van der Waals surface area contributed by atoms with Crippen LogP contribution in [-0.2, 0) is 11.1 Å². The monoisotopic (exact) mass is 345 g/mol. The van der Waals surface area contributed by atoms with E-state index in [9.17, 15) is 8.76 Å². The summed E-state index contributed by atoms with van der Waals surface area (Å²) in [5.41, 5.74) is 8.68. The molecule has 118 valence electrons. The van der Waals surface area contributed by atoms with Gasteiger partial charge in [0, 0.05) is 16.7 Å². The van der Waals surface area contributed by atoms with Crippen molar-refractivity contribution in [1.29, 1.82) is 0 Å². The number of nitrogens with zero attached hydrogens (tertiary/aromatic N) is 3. The second-order valence-electron chi connectivity index (χ2n) is 4.94. The molecule has 1 unspecified atom stereocenters. The highest BCUT2D eigenvalue weighted by Gasteiger charge is 2.13. The third-order valence-electron chi connectivity index (χ3n) is 3.33. The van der Waals surface area contributed by atoms with Crippen LogP contribution in [0, 0.1) is 13.8 Å². The summed E-state index contributed by atoms with van der Waals surface area (Å²) in [5, 5.41) is 0.909. The Morgan fingerprint density at radius 2 is 2.00 bits per heavy atom. The Kier molecular flexibility index (Phi) is 4.20. The molecule has 2 N–H and O–H groups in total. The van der Waals surface area contributed by atoms with E-state index in [4.69, 9.17) is 5.73 Å². The number of hydrogen-bond acceptors (Lipinski definition) is 7. The summed E-state index contributed by atoms with van der Waals surface area (Å²) in [4.78, 5) is 14.0. The fraction of sp³-hybridized carbons (Fsp3) is 0.133. The maximum Gasteiger partial charge on any atom is 0.150 e. The van der Waals surface area contributed by atoms with Crippen LogP contribution in [0.1, 0.15) is 10.6 Å². The van der Waals surface area contributed by atoms with Gasteiger partial charge in [0.25, 0.3) is 0 Å². The zero-order valence-corrected chi connectivity index (χ0v) is 14.1. The molecule has 0 saturated heterocycles. The van der Waals surface area contributed by atoms with Crippen LogP contribution >= 0.6 is 11.3 Å². The average molecular weight is 345 g/mol. The number of nitrogens with two attached hydrogens (primary N) is 1. The van der Waals surface area contributed by atoms with E-state index in [1.807, 2.05) is 13.8 Å². The molecular weight excluding hydrogens is 332 g/mol. The van der Waals surface area contributed by atoms with Crippen molar-refractivity contribution in [3.8, 4) is 21.8 Å². The van der Waals surface area contributed by atoms with Crippen LogP contribution in [-0.4, -0.2) is 23.7 Å². The molecule has 1 atom stereocenters. The Morgan fingerprint density at radius 3 is 2.65 bits per heavy atom. The van der Waals surface area contributed by atoms with Crippen molar-refractivity contribution >= 4 is 28.2 Å². The molecule has 0 radical (unpaired) electrons. The van der Waals surface area contributed by atoms with Crippen molar-refractivity contribution in [2.45, 2.75) is 18.7 Å². The lowest BCUT2D eigenvalue weighted by molar-refractivity contribution is 0.537. The van der Waals surface area contributed by atoms with E-state index < -0.39 is 11.1 Å². The van der Waals surface area contributed by atoms with Crippen molar-refractivity contribution in [3.63, 3.8) is 0 Å². The second-order valence-corrected chi connectivity index (χ2v) is 7.12. The summed E-state index contributed by atoms with van der Waals surface area (Å²) in [6.45, 7) is 3.79. The summed E-state index contributed by atoms with van der Waals surface area (Å²) < 4.78 is 22.4. The van der Waals surface area contributed by atoms with E-state index in [1.54, 1.807) is 30.6 Å². The lowest BCUT2D eigenvalue weighted by Crippen LogP contribution is -1.99. The van der Waals surface area contributed by atoms with E-state index in [0.717, 1.165) is 15.4 Å². The molecule has 0 aliphatic carbocycles. The standard InChI is InChI=1S/C15H14N4O2S2/c1-8-3-4-10(23(20)21)5-11(8)12-6-18-15(16)14(19-12)13-7-17-9(2)22-13/h3-7H,1-2H3,(H2,16,18)(H,20,21)/p-1. The fourth-order valence-corrected chi connectivity index (χ4v) is 3.33. The minimum absolute atomic E-state index is 0.208. The molecule has 2 heterocycles. The molecule has 8 heteroatoms. The highest BCUT2D eigenvalue weighted by molar-refractivity contribution is 7.79. The largest absolute Gasteiger partial charge is 0.768 e. The van der Waals surface area contributed by atoms with Gasteiger partial charge < -0.3 is 10.3 Å². The average Bonchev–Trinajstić information content (AvgIpc) is 2.94. The highest BCUT2D eigenvalue weighted by atomic mass is 32.2. The predicted molar refractivity (Wildman–Crippen MR) is 89.6 cm³/mol. The minimum atomic E-state index is -2.29. The van der Waals surface area contributed by atoms with Crippen molar-refractivity contribution in [3.05, 3.63) is 41.2 Å². The molecule has 2 aromatic heterocycles. The van der Waals surface area contributed by atoms with E-state index in [1.165, 1.54) is 11.3 Å². The summed E-state index contributed by atoms with van der Waals surface area (Å²) in [6.07, 6.45) is 3.26. The molecule has 0 aliphatic rings. The van der Waals surface area contributed by atoms with Gasteiger partial charge in [0.1, 0.15) is 5.69 Å². The van der Waals surface area contributed by atoms with Gasteiger partial charge in [-0.3, -0.25) is 4.21 Å². The second kappa shape index (κ2) is 6.15. The van der Waals surface area contributed by atoms with Crippen LogP contribution in [0.15, 0.2) is 35.5 Å². The van der Waals surface area contributed by atoms with Gasteiger partial charge in [-0.15, -0.1) is 11.3 Å². The quantitative estimate of drug-likeness (QED) is 0.732. The van der Waals surface area contributed by atoms with E-state index in [2.05, 4.69) is 15.0 Å². The van der Waals surface area contributed by atoms with Gasteiger partial charge in [0.15, 0.2) is 5.82 Å². The molecule has 1 aromatic carbocycles. The molecular formula is C15H13N4O2S2-. The van der Waals surface area contributed by atoms with Gasteiger partial charge in [-0.1, -0.05) is 6.07 Å². The number of rotatable bonds is 3. The zero-order valence-electron chi connectivity index (χ0n) is 12.4. The molecule has 6 nitrogen and oxygen atoms in total. The molecule has 0 fully saturated rings. The van der Waals surface area contributed by atoms with Crippen LogP contribution in [0.3, 0.4) is 0 Å². The van der Waals surface area contributed by atoms with Crippen LogP contribution in [0.5, 0.6) is 0 Å². The molecule has 0 spiro atoms. The molecule has 0 bridgehead atoms. The lowest BCUT2D eigenvalue weighted by Gasteiger charge is -2.11. The SMILES string of the molecule is Cc1ncc(-c2nc(-c3cc(S(=O)[O-])ccc3C)cnc2N)s1. The van der Waals surface area contributed by atoms with Crippen molar-refractivity contribution < 1.29 is 8.76 Å². The van der Waals surface area contributed by atoms with Crippen LogP contribution in [0.2, 0.25) is 0 Å². The van der Waals surface area contributed by atoms with Gasteiger partial charge in [-0.25, -0.2) is 15.0 Å². The zero-order chi connectivity index (χ0) is 16.6. The van der Waals surface area contributed by atoms with Crippen molar-refractivity contribution in [2.75, 3.05) is 5.73 Å². The summed E-state index contributed by atoms with van der Waals surface area (Å²) >= 11 is -0.816. The number of benzene rings is 1. The smallest absolute Gasteiger partial charge is 0.150 e. The Bertz CT molecular complexity index is 908. The summed E-state index contributed by atoms with van der Waals surface area (Å²) in [5.74, 6) is 0.318. The number of aromatic nitrogens is 3. The maximum atomic E-state index is 11.2. The normalized spacial score (nSPS) is 12.3. The highest BCUT2D eigenvalue weighted by Crippen LogP contribution is 2.31. The number of aryl methyl sites for hydroxylation is 2. The third kappa shape index (κ3) is 3.14.